The number of anilines is 1. The molecule has 1 atom stereocenters. The van der Waals surface area contributed by atoms with Crippen LogP contribution >= 0.6 is 0 Å². The van der Waals surface area contributed by atoms with Crippen LogP contribution in [0.5, 0.6) is 0 Å². The molecule has 0 spiro atoms. The van der Waals surface area contributed by atoms with Gasteiger partial charge in [-0.3, -0.25) is 0 Å². The van der Waals surface area contributed by atoms with Gasteiger partial charge >= 0.3 is 0 Å². The van der Waals surface area contributed by atoms with Crippen molar-refractivity contribution in [3.63, 3.8) is 0 Å². The number of nitrogens with zero attached hydrogens (tertiary/aromatic N) is 4. The molecule has 0 saturated carbocycles. The van der Waals surface area contributed by atoms with Crippen molar-refractivity contribution < 1.29 is 4.39 Å². The first kappa shape index (κ1) is 15.2. The molecule has 1 aliphatic heterocycles. The maximum absolute atomic E-state index is 14.2. The minimum atomic E-state index is -0.272. The van der Waals surface area contributed by atoms with E-state index in [9.17, 15) is 4.39 Å². The standard InChI is InChI=1S/C15H25FN4/c1-4-13-14(16)15(18-11-17-13)19(3)10-7-12(2)20-8-5-6-9-20/h11-12H,4-10H2,1-3H3. The van der Waals surface area contributed by atoms with Crippen molar-refractivity contribution in [3.05, 3.63) is 17.8 Å². The third-order valence-corrected chi connectivity index (χ3v) is 4.19. The Kier molecular flexibility index (Phi) is 5.29. The quantitative estimate of drug-likeness (QED) is 0.801. The van der Waals surface area contributed by atoms with Gasteiger partial charge in [0.1, 0.15) is 6.33 Å². The minimum Gasteiger partial charge on any atom is -0.357 e. The molecular weight excluding hydrogens is 255 g/mol. The van der Waals surface area contributed by atoms with Crippen LogP contribution in [0.1, 0.15) is 38.8 Å². The first-order chi connectivity index (χ1) is 9.63. The Morgan fingerprint density at radius 2 is 2.05 bits per heavy atom. The van der Waals surface area contributed by atoms with Crippen LogP contribution in [0, 0.1) is 5.82 Å². The number of hydrogen-bond acceptors (Lipinski definition) is 4. The predicted molar refractivity (Wildman–Crippen MR) is 79.5 cm³/mol. The summed E-state index contributed by atoms with van der Waals surface area (Å²) in [5.41, 5.74) is 0.495. The first-order valence-corrected chi connectivity index (χ1v) is 7.58. The molecule has 1 aromatic heterocycles. The zero-order valence-corrected chi connectivity index (χ0v) is 12.8. The van der Waals surface area contributed by atoms with Gasteiger partial charge in [-0.05, 0) is 45.7 Å². The molecule has 1 unspecified atom stereocenters. The second-order valence-electron chi connectivity index (χ2n) is 5.61. The summed E-state index contributed by atoms with van der Waals surface area (Å²) in [6, 6.07) is 0.551. The molecule has 20 heavy (non-hydrogen) atoms. The maximum Gasteiger partial charge on any atom is 0.187 e. The Labute approximate surface area is 121 Å². The summed E-state index contributed by atoms with van der Waals surface area (Å²) in [5, 5.41) is 0. The molecular formula is C15H25FN4. The van der Waals surface area contributed by atoms with Gasteiger partial charge in [0.15, 0.2) is 11.6 Å². The Balaban J connectivity index is 1.92. The maximum atomic E-state index is 14.2. The van der Waals surface area contributed by atoms with Crippen molar-refractivity contribution in [2.24, 2.45) is 0 Å². The number of likely N-dealkylation sites (tertiary alicyclic amines) is 1. The second kappa shape index (κ2) is 6.97. The molecule has 0 amide bonds. The highest BCUT2D eigenvalue weighted by Gasteiger charge is 2.19. The van der Waals surface area contributed by atoms with Crippen LogP contribution in [0.4, 0.5) is 10.2 Å². The lowest BCUT2D eigenvalue weighted by Gasteiger charge is -2.26. The SMILES string of the molecule is CCc1ncnc(N(C)CCC(C)N2CCCC2)c1F. The monoisotopic (exact) mass is 280 g/mol. The molecule has 0 aliphatic carbocycles. The van der Waals surface area contributed by atoms with Crippen LogP contribution in [0.2, 0.25) is 0 Å². The number of hydrogen-bond donors (Lipinski definition) is 0. The molecule has 112 valence electrons. The van der Waals surface area contributed by atoms with Gasteiger partial charge in [0, 0.05) is 19.6 Å². The van der Waals surface area contributed by atoms with Crippen molar-refractivity contribution >= 4 is 5.82 Å². The Morgan fingerprint density at radius 1 is 1.35 bits per heavy atom. The van der Waals surface area contributed by atoms with E-state index in [1.54, 1.807) is 0 Å². The normalized spacial score (nSPS) is 17.4. The predicted octanol–water partition coefficient (Wildman–Crippen LogP) is 2.49. The third-order valence-electron chi connectivity index (χ3n) is 4.19. The Hall–Kier alpha value is -1.23. The van der Waals surface area contributed by atoms with E-state index in [0.29, 0.717) is 24.0 Å². The van der Waals surface area contributed by atoms with E-state index in [1.807, 2.05) is 18.9 Å². The summed E-state index contributed by atoms with van der Waals surface area (Å²) in [5.74, 6) is 0.150. The minimum absolute atomic E-state index is 0.272. The van der Waals surface area contributed by atoms with Crippen molar-refractivity contribution in [3.8, 4) is 0 Å². The fourth-order valence-corrected chi connectivity index (χ4v) is 2.76. The van der Waals surface area contributed by atoms with Crippen LogP contribution in [0.15, 0.2) is 6.33 Å². The molecule has 1 aliphatic rings. The van der Waals surface area contributed by atoms with E-state index in [2.05, 4.69) is 21.8 Å². The van der Waals surface area contributed by atoms with Gasteiger partial charge < -0.3 is 9.80 Å². The summed E-state index contributed by atoms with van der Waals surface area (Å²) in [4.78, 5) is 12.5. The molecule has 0 bridgehead atoms. The average Bonchev–Trinajstić information content (AvgIpc) is 2.99. The fraction of sp³-hybridized carbons (Fsp3) is 0.733. The second-order valence-corrected chi connectivity index (χ2v) is 5.61. The third kappa shape index (κ3) is 3.45. The van der Waals surface area contributed by atoms with Crippen molar-refractivity contribution in [2.45, 2.75) is 45.6 Å². The van der Waals surface area contributed by atoms with Crippen molar-refractivity contribution in [1.29, 1.82) is 0 Å². The highest BCUT2D eigenvalue weighted by atomic mass is 19.1. The molecule has 1 saturated heterocycles. The number of halogens is 1. The fourth-order valence-electron chi connectivity index (χ4n) is 2.76. The average molecular weight is 280 g/mol. The van der Waals surface area contributed by atoms with Crippen LogP contribution < -0.4 is 4.90 Å². The van der Waals surface area contributed by atoms with Crippen LogP contribution in [0.25, 0.3) is 0 Å². The number of aromatic nitrogens is 2. The van der Waals surface area contributed by atoms with E-state index in [4.69, 9.17) is 0 Å². The largest absolute Gasteiger partial charge is 0.357 e. The summed E-state index contributed by atoms with van der Waals surface area (Å²) in [7, 11) is 1.90. The summed E-state index contributed by atoms with van der Waals surface area (Å²) in [6.45, 7) is 7.38. The van der Waals surface area contributed by atoms with Crippen LogP contribution in [0.3, 0.4) is 0 Å². The van der Waals surface area contributed by atoms with Gasteiger partial charge in [0.2, 0.25) is 0 Å². The van der Waals surface area contributed by atoms with E-state index in [1.165, 1.54) is 32.3 Å². The summed E-state index contributed by atoms with van der Waals surface area (Å²) < 4.78 is 14.2. The highest BCUT2D eigenvalue weighted by Crippen LogP contribution is 2.19. The lowest BCUT2D eigenvalue weighted by molar-refractivity contribution is 0.249. The Morgan fingerprint density at radius 3 is 2.70 bits per heavy atom. The van der Waals surface area contributed by atoms with E-state index < -0.39 is 0 Å². The van der Waals surface area contributed by atoms with Gasteiger partial charge in [-0.25, -0.2) is 14.4 Å². The first-order valence-electron chi connectivity index (χ1n) is 7.58. The Bertz CT molecular complexity index is 432. The van der Waals surface area contributed by atoms with Crippen LogP contribution in [-0.4, -0.2) is 47.6 Å². The summed E-state index contributed by atoms with van der Waals surface area (Å²) >= 11 is 0. The lowest BCUT2D eigenvalue weighted by atomic mass is 10.2. The molecule has 2 rings (SSSR count). The number of rotatable bonds is 6. The molecule has 5 heteroatoms. The molecule has 0 aromatic carbocycles. The van der Waals surface area contributed by atoms with Gasteiger partial charge in [0.05, 0.1) is 5.69 Å². The molecule has 0 radical (unpaired) electrons. The smallest absolute Gasteiger partial charge is 0.187 e. The van der Waals surface area contributed by atoms with Gasteiger partial charge in [-0.1, -0.05) is 6.92 Å². The topological polar surface area (TPSA) is 32.3 Å². The van der Waals surface area contributed by atoms with E-state index in [0.717, 1.165) is 13.0 Å². The molecule has 1 fully saturated rings. The summed E-state index contributed by atoms with van der Waals surface area (Å²) in [6.07, 6.45) is 5.69. The zero-order chi connectivity index (χ0) is 14.5. The van der Waals surface area contributed by atoms with Crippen molar-refractivity contribution in [1.82, 2.24) is 14.9 Å². The van der Waals surface area contributed by atoms with Gasteiger partial charge in [0.25, 0.3) is 0 Å². The molecule has 4 nitrogen and oxygen atoms in total. The van der Waals surface area contributed by atoms with Gasteiger partial charge in [-0.2, -0.15) is 0 Å². The molecule has 0 N–H and O–H groups in total. The van der Waals surface area contributed by atoms with Gasteiger partial charge in [-0.15, -0.1) is 0 Å². The van der Waals surface area contributed by atoms with E-state index >= 15 is 0 Å². The van der Waals surface area contributed by atoms with Crippen LogP contribution in [-0.2, 0) is 6.42 Å². The number of aryl methyl sites for hydroxylation is 1. The highest BCUT2D eigenvalue weighted by molar-refractivity contribution is 5.39. The zero-order valence-electron chi connectivity index (χ0n) is 12.8. The van der Waals surface area contributed by atoms with Crippen molar-refractivity contribution in [2.75, 3.05) is 31.6 Å². The molecule has 1 aromatic rings. The molecule has 2 heterocycles. The lowest BCUT2D eigenvalue weighted by Crippen LogP contribution is -2.34. The van der Waals surface area contributed by atoms with E-state index in [-0.39, 0.29) is 5.82 Å².